The van der Waals surface area contributed by atoms with Gasteiger partial charge in [-0.25, -0.2) is 26.6 Å². The Balaban J connectivity index is 3.56. The van der Waals surface area contributed by atoms with Gasteiger partial charge in [0.1, 0.15) is 4.60 Å². The highest BCUT2D eigenvalue weighted by molar-refractivity contribution is 9.10. The molecule has 0 radical (unpaired) electrons. The first-order valence-corrected chi connectivity index (χ1v) is 6.42. The zero-order chi connectivity index (χ0) is 11.8. The van der Waals surface area contributed by atoms with Crippen LogP contribution in [-0.2, 0) is 9.05 Å². The first kappa shape index (κ1) is 12.7. The van der Waals surface area contributed by atoms with E-state index in [4.69, 9.17) is 10.7 Å². The number of aromatic nitrogens is 1. The summed E-state index contributed by atoms with van der Waals surface area (Å²) < 4.78 is 59.0. The molecule has 0 bridgehead atoms. The summed E-state index contributed by atoms with van der Waals surface area (Å²) in [4.78, 5) is 3.18. The molecule has 15 heavy (non-hydrogen) atoms. The Bertz CT molecular complexity index is 493. The van der Waals surface area contributed by atoms with Crippen LogP contribution in [0, 0.1) is 5.82 Å². The molecule has 0 saturated heterocycles. The van der Waals surface area contributed by atoms with Crippen LogP contribution < -0.4 is 0 Å². The van der Waals surface area contributed by atoms with Gasteiger partial charge < -0.3 is 0 Å². The minimum atomic E-state index is -4.49. The fourth-order valence-corrected chi connectivity index (χ4v) is 2.20. The van der Waals surface area contributed by atoms with Crippen molar-refractivity contribution in [3.63, 3.8) is 0 Å². The van der Waals surface area contributed by atoms with Crippen molar-refractivity contribution in [3.05, 3.63) is 22.1 Å². The summed E-state index contributed by atoms with van der Waals surface area (Å²) >= 11 is 2.67. The molecule has 0 aromatic carbocycles. The molecule has 9 heteroatoms. The van der Waals surface area contributed by atoms with E-state index >= 15 is 0 Å². The molecule has 0 aliphatic rings. The van der Waals surface area contributed by atoms with Crippen LogP contribution in [0.25, 0.3) is 0 Å². The van der Waals surface area contributed by atoms with E-state index in [-0.39, 0.29) is 4.60 Å². The van der Waals surface area contributed by atoms with Gasteiger partial charge in [-0.15, -0.1) is 0 Å². The van der Waals surface area contributed by atoms with Gasteiger partial charge in [-0.3, -0.25) is 0 Å². The average Bonchev–Trinajstić information content (AvgIpc) is 2.06. The lowest BCUT2D eigenvalue weighted by atomic mass is 10.3. The third-order valence-corrected chi connectivity index (χ3v) is 2.97. The lowest BCUT2D eigenvalue weighted by Crippen LogP contribution is -2.04. The first-order chi connectivity index (χ1) is 6.73. The van der Waals surface area contributed by atoms with Crippen LogP contribution in [0.15, 0.2) is 15.7 Å². The highest BCUT2D eigenvalue weighted by Crippen LogP contribution is 2.29. The van der Waals surface area contributed by atoms with E-state index in [9.17, 15) is 21.6 Å². The second-order valence-electron chi connectivity index (χ2n) is 2.39. The van der Waals surface area contributed by atoms with E-state index in [2.05, 4.69) is 20.9 Å². The van der Waals surface area contributed by atoms with Crippen molar-refractivity contribution in [2.75, 3.05) is 0 Å². The molecule has 0 saturated carbocycles. The van der Waals surface area contributed by atoms with Crippen molar-refractivity contribution in [1.29, 1.82) is 0 Å². The Morgan fingerprint density at radius 1 is 1.47 bits per heavy atom. The van der Waals surface area contributed by atoms with Crippen LogP contribution in [-0.4, -0.2) is 13.4 Å². The number of hydrogen-bond acceptors (Lipinski definition) is 3. The van der Waals surface area contributed by atoms with Crippen LogP contribution in [0.4, 0.5) is 13.2 Å². The van der Waals surface area contributed by atoms with E-state index in [1.165, 1.54) is 0 Å². The van der Waals surface area contributed by atoms with Crippen LogP contribution in [0.5, 0.6) is 0 Å². The van der Waals surface area contributed by atoms with E-state index in [1.807, 2.05) is 0 Å². The maximum absolute atomic E-state index is 13.2. The Kier molecular flexibility index (Phi) is 3.62. The molecule has 0 fully saturated rings. The molecule has 1 rings (SSSR count). The minimum Gasteiger partial charge on any atom is -0.225 e. The van der Waals surface area contributed by atoms with Crippen LogP contribution >= 0.6 is 26.6 Å². The summed E-state index contributed by atoms with van der Waals surface area (Å²) in [7, 11) is 0.327. The van der Waals surface area contributed by atoms with Crippen molar-refractivity contribution in [2.45, 2.75) is 11.5 Å². The van der Waals surface area contributed by atoms with E-state index in [0.717, 1.165) is 0 Å². The van der Waals surface area contributed by atoms with Crippen LogP contribution in [0.3, 0.4) is 0 Å². The fraction of sp³-hybridized carbons (Fsp3) is 0.167. The third kappa shape index (κ3) is 2.82. The molecule has 0 atom stereocenters. The molecule has 0 N–H and O–H groups in total. The summed E-state index contributed by atoms with van der Waals surface area (Å²) in [5.74, 6) is -1.64. The number of nitrogens with zero attached hydrogens (tertiary/aromatic N) is 1. The fourth-order valence-electron chi connectivity index (χ4n) is 0.814. The number of halogens is 5. The van der Waals surface area contributed by atoms with Crippen molar-refractivity contribution >= 4 is 35.7 Å². The summed E-state index contributed by atoms with van der Waals surface area (Å²) in [6.07, 6.45) is -3.15. The number of hydrogen-bond donors (Lipinski definition) is 0. The van der Waals surface area contributed by atoms with Crippen LogP contribution in [0.2, 0.25) is 0 Å². The first-order valence-electron chi connectivity index (χ1n) is 3.32. The van der Waals surface area contributed by atoms with Gasteiger partial charge in [-0.1, -0.05) is 0 Å². The molecule has 84 valence electrons. The molecule has 1 aromatic rings. The van der Waals surface area contributed by atoms with Gasteiger partial charge in [-0.05, 0) is 22.0 Å². The summed E-state index contributed by atoms with van der Waals surface area (Å²) in [5.41, 5.74) is -1.07. The van der Waals surface area contributed by atoms with E-state index < -0.39 is 31.9 Å². The standard InChI is InChI=1S/C6H2BrClF3NO2S/c7-3-1-2(5(10)11)4(9)6(12-3)15(8,13)14/h1,5H. The lowest BCUT2D eigenvalue weighted by Gasteiger charge is -2.05. The predicted octanol–water partition coefficient (Wildman–Crippen LogP) is 2.85. The summed E-state index contributed by atoms with van der Waals surface area (Å²) in [6.45, 7) is 0. The zero-order valence-electron chi connectivity index (χ0n) is 6.72. The smallest absolute Gasteiger partial charge is 0.225 e. The Hall–Kier alpha value is -0.340. The van der Waals surface area contributed by atoms with Gasteiger partial charge in [0.25, 0.3) is 15.5 Å². The molecular weight excluding hydrogens is 322 g/mol. The minimum absolute atomic E-state index is 0.238. The molecule has 0 aliphatic heterocycles. The van der Waals surface area contributed by atoms with E-state index in [1.54, 1.807) is 0 Å². The van der Waals surface area contributed by atoms with Gasteiger partial charge in [0, 0.05) is 10.7 Å². The highest BCUT2D eigenvalue weighted by Gasteiger charge is 2.25. The predicted molar refractivity (Wildman–Crippen MR) is 49.9 cm³/mol. The molecule has 0 spiro atoms. The molecule has 0 unspecified atom stereocenters. The SMILES string of the molecule is O=S(=O)(Cl)c1nc(Br)cc(C(F)F)c1F. The highest BCUT2D eigenvalue weighted by atomic mass is 79.9. The second-order valence-corrected chi connectivity index (χ2v) is 5.69. The van der Waals surface area contributed by atoms with Gasteiger partial charge in [-0.2, -0.15) is 0 Å². The molecule has 3 nitrogen and oxygen atoms in total. The topological polar surface area (TPSA) is 47.0 Å². The van der Waals surface area contributed by atoms with Crippen molar-refractivity contribution in [3.8, 4) is 0 Å². The normalized spacial score (nSPS) is 12.1. The molecular formula is C6H2BrClF3NO2S. The Labute approximate surface area is 95.8 Å². The second kappa shape index (κ2) is 4.26. The lowest BCUT2D eigenvalue weighted by molar-refractivity contribution is 0.145. The third-order valence-electron chi connectivity index (χ3n) is 1.39. The van der Waals surface area contributed by atoms with E-state index in [0.29, 0.717) is 6.07 Å². The average molecular weight is 325 g/mol. The maximum Gasteiger partial charge on any atom is 0.281 e. The maximum atomic E-state index is 13.2. The summed E-state index contributed by atoms with van der Waals surface area (Å²) in [5, 5.41) is -1.21. The molecule has 1 heterocycles. The van der Waals surface area contributed by atoms with Crippen molar-refractivity contribution in [1.82, 2.24) is 4.98 Å². The number of rotatable bonds is 2. The quantitative estimate of drug-likeness (QED) is 0.621. The van der Waals surface area contributed by atoms with Gasteiger partial charge in [0.15, 0.2) is 5.82 Å². The zero-order valence-corrected chi connectivity index (χ0v) is 9.87. The Morgan fingerprint density at radius 2 is 2.00 bits per heavy atom. The van der Waals surface area contributed by atoms with Crippen LogP contribution in [0.1, 0.15) is 12.0 Å². The van der Waals surface area contributed by atoms with Crippen molar-refractivity contribution < 1.29 is 21.6 Å². The van der Waals surface area contributed by atoms with Gasteiger partial charge >= 0.3 is 0 Å². The van der Waals surface area contributed by atoms with Crippen molar-refractivity contribution in [2.24, 2.45) is 0 Å². The van der Waals surface area contributed by atoms with Gasteiger partial charge in [0.2, 0.25) is 5.03 Å². The number of pyridine rings is 1. The number of alkyl halides is 2. The van der Waals surface area contributed by atoms with Gasteiger partial charge in [0.05, 0.1) is 5.56 Å². The molecule has 1 aromatic heterocycles. The summed E-state index contributed by atoms with van der Waals surface area (Å²) in [6, 6.07) is 0.686. The monoisotopic (exact) mass is 323 g/mol. The molecule has 0 aliphatic carbocycles. The largest absolute Gasteiger partial charge is 0.281 e. The molecule has 0 amide bonds. The Morgan fingerprint density at radius 3 is 2.40 bits per heavy atom.